The zero-order valence-electron chi connectivity index (χ0n) is 8.50. The van der Waals surface area contributed by atoms with E-state index in [4.69, 9.17) is 5.26 Å². The number of halogens is 1. The molecule has 3 nitrogen and oxygen atoms in total. The molecule has 0 fully saturated rings. The van der Waals surface area contributed by atoms with Gasteiger partial charge in [-0.1, -0.05) is 0 Å². The molecular formula is C12H10FN3. The molecule has 0 spiro atoms. The molecule has 2 aromatic rings. The number of aromatic amines is 1. The van der Waals surface area contributed by atoms with Gasteiger partial charge in [0.1, 0.15) is 11.9 Å². The molecule has 0 unspecified atom stereocenters. The Bertz CT molecular complexity index is 512. The molecule has 0 saturated carbocycles. The van der Waals surface area contributed by atoms with Crippen molar-refractivity contribution in [2.45, 2.75) is 6.54 Å². The van der Waals surface area contributed by atoms with Gasteiger partial charge in [0.15, 0.2) is 0 Å². The van der Waals surface area contributed by atoms with Crippen LogP contribution in [0.25, 0.3) is 0 Å². The number of H-pyrrole nitrogens is 1. The molecule has 0 aliphatic rings. The summed E-state index contributed by atoms with van der Waals surface area (Å²) in [5.74, 6) is -0.399. The Labute approximate surface area is 92.5 Å². The lowest BCUT2D eigenvalue weighted by Gasteiger charge is -2.06. The van der Waals surface area contributed by atoms with E-state index in [9.17, 15) is 4.39 Å². The monoisotopic (exact) mass is 215 g/mol. The van der Waals surface area contributed by atoms with Gasteiger partial charge in [0.05, 0.1) is 11.3 Å². The van der Waals surface area contributed by atoms with Crippen LogP contribution < -0.4 is 5.32 Å². The SMILES string of the molecule is N#Cc1cc(F)ccc1NCc1cc[nH]c1. The number of hydrogen-bond donors (Lipinski definition) is 2. The third-order valence-electron chi connectivity index (χ3n) is 2.25. The van der Waals surface area contributed by atoms with Gasteiger partial charge in [-0.25, -0.2) is 4.39 Å². The van der Waals surface area contributed by atoms with Gasteiger partial charge in [-0.3, -0.25) is 0 Å². The number of benzene rings is 1. The van der Waals surface area contributed by atoms with E-state index in [1.54, 1.807) is 6.07 Å². The van der Waals surface area contributed by atoms with Gasteiger partial charge in [0.25, 0.3) is 0 Å². The summed E-state index contributed by atoms with van der Waals surface area (Å²) >= 11 is 0. The van der Waals surface area contributed by atoms with Crippen LogP contribution in [0.5, 0.6) is 0 Å². The molecule has 80 valence electrons. The maximum atomic E-state index is 12.9. The summed E-state index contributed by atoms with van der Waals surface area (Å²) in [6.45, 7) is 0.601. The van der Waals surface area contributed by atoms with Gasteiger partial charge in [0, 0.05) is 18.9 Å². The summed E-state index contributed by atoms with van der Waals surface area (Å²) in [5.41, 5.74) is 2.04. The highest BCUT2D eigenvalue weighted by Gasteiger charge is 2.03. The summed E-state index contributed by atoms with van der Waals surface area (Å²) in [5, 5.41) is 11.9. The van der Waals surface area contributed by atoms with Crippen LogP contribution in [0.15, 0.2) is 36.7 Å². The largest absolute Gasteiger partial charge is 0.380 e. The fraction of sp³-hybridized carbons (Fsp3) is 0.0833. The van der Waals surface area contributed by atoms with E-state index in [1.807, 2.05) is 24.5 Å². The normalized spacial score (nSPS) is 9.75. The molecule has 4 heteroatoms. The minimum atomic E-state index is -0.399. The molecule has 16 heavy (non-hydrogen) atoms. The smallest absolute Gasteiger partial charge is 0.124 e. The van der Waals surface area contributed by atoms with Gasteiger partial charge in [-0.2, -0.15) is 5.26 Å². The summed E-state index contributed by atoms with van der Waals surface area (Å²) in [4.78, 5) is 2.94. The lowest BCUT2D eigenvalue weighted by atomic mass is 10.2. The summed E-state index contributed by atoms with van der Waals surface area (Å²) in [7, 11) is 0. The Morgan fingerprint density at radius 3 is 2.94 bits per heavy atom. The second-order valence-corrected chi connectivity index (χ2v) is 3.37. The Balaban J connectivity index is 2.13. The van der Waals surface area contributed by atoms with Crippen molar-refractivity contribution in [3.8, 4) is 6.07 Å². The first-order valence-corrected chi connectivity index (χ1v) is 4.85. The fourth-order valence-electron chi connectivity index (χ4n) is 1.43. The van der Waals surface area contributed by atoms with Gasteiger partial charge < -0.3 is 10.3 Å². The molecule has 1 aromatic heterocycles. The van der Waals surface area contributed by atoms with Crippen molar-refractivity contribution in [3.63, 3.8) is 0 Å². The van der Waals surface area contributed by atoms with Crippen molar-refractivity contribution in [1.82, 2.24) is 4.98 Å². The summed E-state index contributed by atoms with van der Waals surface area (Å²) in [6, 6.07) is 8.01. The van der Waals surface area contributed by atoms with Crippen LogP contribution in [0.2, 0.25) is 0 Å². The van der Waals surface area contributed by atoms with Gasteiger partial charge >= 0.3 is 0 Å². The lowest BCUT2D eigenvalue weighted by molar-refractivity contribution is 0.627. The Morgan fingerprint density at radius 1 is 1.38 bits per heavy atom. The van der Waals surface area contributed by atoms with E-state index in [-0.39, 0.29) is 0 Å². The van der Waals surface area contributed by atoms with Crippen LogP contribution in [0, 0.1) is 17.1 Å². The molecule has 0 atom stereocenters. The minimum Gasteiger partial charge on any atom is -0.380 e. The third-order valence-corrected chi connectivity index (χ3v) is 2.25. The number of hydrogen-bond acceptors (Lipinski definition) is 2. The number of nitriles is 1. The number of nitrogens with one attached hydrogen (secondary N) is 2. The van der Waals surface area contributed by atoms with Gasteiger partial charge in [-0.05, 0) is 29.8 Å². The fourth-order valence-corrected chi connectivity index (χ4v) is 1.43. The van der Waals surface area contributed by atoms with Crippen molar-refractivity contribution >= 4 is 5.69 Å². The molecule has 0 bridgehead atoms. The minimum absolute atomic E-state index is 0.315. The number of anilines is 1. The molecule has 0 radical (unpaired) electrons. The second kappa shape index (κ2) is 4.49. The Morgan fingerprint density at radius 2 is 2.25 bits per heavy atom. The third kappa shape index (κ3) is 2.20. The predicted molar refractivity (Wildman–Crippen MR) is 59.2 cm³/mol. The molecule has 1 heterocycles. The van der Waals surface area contributed by atoms with Crippen LogP contribution in [0.3, 0.4) is 0 Å². The standard InChI is InChI=1S/C12H10FN3/c13-11-1-2-12(10(5-11)6-14)16-8-9-3-4-15-7-9/h1-5,7,15-16H,8H2. The van der Waals surface area contributed by atoms with Crippen molar-refractivity contribution in [2.24, 2.45) is 0 Å². The number of aromatic nitrogens is 1. The van der Waals surface area contributed by atoms with Crippen molar-refractivity contribution in [2.75, 3.05) is 5.32 Å². The van der Waals surface area contributed by atoms with E-state index in [2.05, 4.69) is 10.3 Å². The maximum absolute atomic E-state index is 12.9. The first kappa shape index (κ1) is 10.2. The zero-order valence-corrected chi connectivity index (χ0v) is 8.50. The van der Waals surface area contributed by atoms with Crippen LogP contribution in [0.4, 0.5) is 10.1 Å². The molecule has 1 aromatic carbocycles. The van der Waals surface area contributed by atoms with E-state index < -0.39 is 5.82 Å². The van der Waals surface area contributed by atoms with E-state index in [1.165, 1.54) is 12.1 Å². The topological polar surface area (TPSA) is 51.6 Å². The number of nitrogens with zero attached hydrogens (tertiary/aromatic N) is 1. The molecule has 0 aliphatic carbocycles. The molecule has 2 rings (SSSR count). The lowest BCUT2D eigenvalue weighted by Crippen LogP contribution is -2.00. The van der Waals surface area contributed by atoms with E-state index >= 15 is 0 Å². The van der Waals surface area contributed by atoms with Crippen LogP contribution in [0.1, 0.15) is 11.1 Å². The summed E-state index contributed by atoms with van der Waals surface area (Å²) in [6.07, 6.45) is 3.69. The maximum Gasteiger partial charge on any atom is 0.124 e. The summed E-state index contributed by atoms with van der Waals surface area (Å²) < 4.78 is 12.9. The highest BCUT2D eigenvalue weighted by atomic mass is 19.1. The highest BCUT2D eigenvalue weighted by Crippen LogP contribution is 2.16. The molecular weight excluding hydrogens is 205 g/mol. The van der Waals surface area contributed by atoms with Gasteiger partial charge in [-0.15, -0.1) is 0 Å². The van der Waals surface area contributed by atoms with E-state index in [0.717, 1.165) is 5.56 Å². The molecule has 2 N–H and O–H groups in total. The first-order valence-electron chi connectivity index (χ1n) is 4.85. The highest BCUT2D eigenvalue weighted by molar-refractivity contribution is 5.57. The molecule has 0 aliphatic heterocycles. The zero-order chi connectivity index (χ0) is 11.4. The van der Waals surface area contributed by atoms with Crippen LogP contribution >= 0.6 is 0 Å². The molecule has 0 amide bonds. The molecule has 0 saturated heterocycles. The average molecular weight is 215 g/mol. The Kier molecular flexibility index (Phi) is 2.88. The van der Waals surface area contributed by atoms with Gasteiger partial charge in [0.2, 0.25) is 0 Å². The predicted octanol–water partition coefficient (Wildman–Crippen LogP) is 2.64. The second-order valence-electron chi connectivity index (χ2n) is 3.37. The van der Waals surface area contributed by atoms with Crippen LogP contribution in [-0.4, -0.2) is 4.98 Å². The van der Waals surface area contributed by atoms with Crippen molar-refractivity contribution in [1.29, 1.82) is 5.26 Å². The van der Waals surface area contributed by atoms with Crippen LogP contribution in [-0.2, 0) is 6.54 Å². The Hall–Kier alpha value is -2.28. The first-order chi connectivity index (χ1) is 7.79. The quantitative estimate of drug-likeness (QED) is 0.826. The number of rotatable bonds is 3. The van der Waals surface area contributed by atoms with E-state index in [0.29, 0.717) is 17.8 Å². The van der Waals surface area contributed by atoms with Crippen molar-refractivity contribution in [3.05, 3.63) is 53.6 Å². The van der Waals surface area contributed by atoms with Crippen molar-refractivity contribution < 1.29 is 4.39 Å². The average Bonchev–Trinajstić information content (AvgIpc) is 2.80.